The van der Waals surface area contributed by atoms with Gasteiger partial charge in [-0.1, -0.05) is 41.5 Å². The SMILES string of the molecule is CC.CC.CC.Cc1cncs1.Cc1cscn1.Cc1nccs1. The maximum atomic E-state index is 3.94. The smallest absolute Gasteiger partial charge is 0.0893 e. The predicted molar refractivity (Wildman–Crippen MR) is 115 cm³/mol. The lowest BCUT2D eigenvalue weighted by molar-refractivity contribution is 1.27. The van der Waals surface area contributed by atoms with Crippen LogP contribution in [0.4, 0.5) is 0 Å². The first kappa shape index (κ1) is 27.7. The summed E-state index contributed by atoms with van der Waals surface area (Å²) in [5, 5.41) is 5.12. The third kappa shape index (κ3) is 20.9. The van der Waals surface area contributed by atoms with Crippen LogP contribution >= 0.6 is 34.0 Å². The van der Waals surface area contributed by atoms with Crippen LogP contribution in [-0.2, 0) is 0 Å². The zero-order chi connectivity index (χ0) is 19.2. The lowest BCUT2D eigenvalue weighted by Crippen LogP contribution is -1.59. The van der Waals surface area contributed by atoms with Crippen LogP contribution in [0.3, 0.4) is 0 Å². The Morgan fingerprint density at radius 1 is 0.792 bits per heavy atom. The Morgan fingerprint density at radius 2 is 1.42 bits per heavy atom. The van der Waals surface area contributed by atoms with E-state index in [1.54, 1.807) is 40.2 Å². The van der Waals surface area contributed by atoms with Crippen molar-refractivity contribution in [3.8, 4) is 0 Å². The largest absolute Gasteiger partial charge is 0.253 e. The molecule has 0 fully saturated rings. The van der Waals surface area contributed by atoms with Gasteiger partial charge in [-0.05, 0) is 20.8 Å². The summed E-state index contributed by atoms with van der Waals surface area (Å²) < 4.78 is 0. The third-order valence-electron chi connectivity index (χ3n) is 1.67. The summed E-state index contributed by atoms with van der Waals surface area (Å²) in [6.07, 6.45) is 3.66. The molecule has 0 spiro atoms. The van der Waals surface area contributed by atoms with Crippen molar-refractivity contribution in [1.29, 1.82) is 0 Å². The van der Waals surface area contributed by atoms with E-state index in [-0.39, 0.29) is 0 Å². The van der Waals surface area contributed by atoms with Crippen LogP contribution < -0.4 is 0 Å². The summed E-state index contributed by atoms with van der Waals surface area (Å²) in [6, 6.07) is 0. The van der Waals surface area contributed by atoms with E-state index in [1.165, 1.54) is 4.88 Å². The maximum Gasteiger partial charge on any atom is 0.0893 e. The molecule has 3 aromatic rings. The molecule has 0 amide bonds. The molecule has 6 heteroatoms. The Balaban J connectivity index is -0.000000239. The third-order valence-corrected chi connectivity index (χ3v) is 3.78. The summed E-state index contributed by atoms with van der Waals surface area (Å²) in [5.74, 6) is 0. The number of hydrogen-bond donors (Lipinski definition) is 0. The van der Waals surface area contributed by atoms with Crippen molar-refractivity contribution in [2.75, 3.05) is 0 Å². The highest BCUT2D eigenvalue weighted by molar-refractivity contribution is 7.09. The highest BCUT2D eigenvalue weighted by atomic mass is 32.1. The van der Waals surface area contributed by atoms with Gasteiger partial charge in [0.15, 0.2) is 0 Å². The summed E-state index contributed by atoms with van der Waals surface area (Å²) >= 11 is 4.96. The average molecular weight is 388 g/mol. The van der Waals surface area contributed by atoms with Gasteiger partial charge < -0.3 is 0 Å². The van der Waals surface area contributed by atoms with Gasteiger partial charge >= 0.3 is 0 Å². The van der Waals surface area contributed by atoms with Crippen LogP contribution in [-0.4, -0.2) is 15.0 Å². The zero-order valence-corrected chi connectivity index (χ0v) is 19.0. The quantitative estimate of drug-likeness (QED) is 0.402. The number of aromatic nitrogens is 3. The van der Waals surface area contributed by atoms with Crippen LogP contribution in [0.25, 0.3) is 0 Å². The van der Waals surface area contributed by atoms with Crippen molar-refractivity contribution in [1.82, 2.24) is 15.0 Å². The van der Waals surface area contributed by atoms with E-state index < -0.39 is 0 Å². The second-order valence-electron chi connectivity index (χ2n) is 3.29. The van der Waals surface area contributed by atoms with Crippen molar-refractivity contribution in [3.63, 3.8) is 0 Å². The maximum absolute atomic E-state index is 3.94. The van der Waals surface area contributed by atoms with Crippen molar-refractivity contribution < 1.29 is 0 Å². The molecule has 3 heterocycles. The van der Waals surface area contributed by atoms with Crippen LogP contribution in [0.5, 0.6) is 0 Å². The Labute approximate surface area is 160 Å². The minimum absolute atomic E-state index is 1.11. The molecule has 0 bridgehead atoms. The minimum Gasteiger partial charge on any atom is -0.253 e. The van der Waals surface area contributed by atoms with Gasteiger partial charge in [-0.3, -0.25) is 15.0 Å². The van der Waals surface area contributed by atoms with E-state index in [0.717, 1.165) is 10.7 Å². The lowest BCUT2D eigenvalue weighted by atomic mass is 10.6. The molecule has 0 saturated heterocycles. The van der Waals surface area contributed by atoms with Gasteiger partial charge in [0.25, 0.3) is 0 Å². The van der Waals surface area contributed by atoms with E-state index in [0.29, 0.717) is 0 Å². The molecule has 24 heavy (non-hydrogen) atoms. The van der Waals surface area contributed by atoms with Crippen molar-refractivity contribution in [3.05, 3.63) is 49.8 Å². The normalized spacial score (nSPS) is 7.38. The van der Waals surface area contributed by atoms with E-state index in [9.17, 15) is 0 Å². The van der Waals surface area contributed by atoms with Crippen LogP contribution in [0, 0.1) is 20.8 Å². The molecule has 3 aromatic heterocycles. The molecular formula is C18H33N3S3. The fourth-order valence-corrected chi connectivity index (χ4v) is 2.24. The second kappa shape index (κ2) is 24.1. The number of nitrogens with zero attached hydrogens (tertiary/aromatic N) is 3. The number of aryl methyl sites for hydroxylation is 3. The van der Waals surface area contributed by atoms with Gasteiger partial charge in [0, 0.05) is 33.7 Å². The lowest BCUT2D eigenvalue weighted by Gasteiger charge is -1.65. The highest BCUT2D eigenvalue weighted by Gasteiger charge is 1.77. The van der Waals surface area contributed by atoms with Crippen LogP contribution in [0.15, 0.2) is 34.2 Å². The number of rotatable bonds is 0. The molecule has 0 aliphatic carbocycles. The van der Waals surface area contributed by atoms with Crippen LogP contribution in [0.1, 0.15) is 57.1 Å². The molecule has 0 saturated carbocycles. The van der Waals surface area contributed by atoms with Gasteiger partial charge in [0.1, 0.15) is 0 Å². The highest BCUT2D eigenvalue weighted by Crippen LogP contribution is 2.00. The Bertz CT molecular complexity index is 413. The summed E-state index contributed by atoms with van der Waals surface area (Å²) in [7, 11) is 0. The van der Waals surface area contributed by atoms with Gasteiger partial charge in [-0.25, -0.2) is 0 Å². The molecule has 0 atom stereocenters. The monoisotopic (exact) mass is 387 g/mol. The van der Waals surface area contributed by atoms with Crippen molar-refractivity contribution in [2.45, 2.75) is 62.3 Å². The van der Waals surface area contributed by atoms with Crippen molar-refractivity contribution in [2.24, 2.45) is 0 Å². The second-order valence-corrected chi connectivity index (χ2v) is 6.20. The summed E-state index contributed by atoms with van der Waals surface area (Å²) in [5.41, 5.74) is 4.77. The van der Waals surface area contributed by atoms with Crippen molar-refractivity contribution >= 4 is 34.0 Å². The van der Waals surface area contributed by atoms with Gasteiger partial charge in [-0.2, -0.15) is 0 Å². The molecule has 3 nitrogen and oxygen atoms in total. The Morgan fingerprint density at radius 3 is 1.54 bits per heavy atom. The topological polar surface area (TPSA) is 38.7 Å². The van der Waals surface area contributed by atoms with E-state index in [2.05, 4.69) is 15.0 Å². The minimum atomic E-state index is 1.11. The average Bonchev–Trinajstić information content (AvgIpc) is 3.40. The first-order chi connectivity index (χ1) is 11.7. The van der Waals surface area contributed by atoms with Gasteiger partial charge in [-0.15, -0.1) is 34.0 Å². The standard InChI is InChI=1S/3C4H5NS.3C2H6/c1-4-2-6-3-5-4;1-4-2-5-3-6-4;1-4-5-2-3-6-4;3*1-2/h3*2-3H,1H3;3*1-2H3. The molecular weight excluding hydrogens is 354 g/mol. The molecule has 0 aliphatic heterocycles. The fraction of sp³-hybridized carbons (Fsp3) is 0.500. The fourth-order valence-electron chi connectivity index (χ4n) is 0.847. The molecule has 138 valence electrons. The molecule has 0 radical (unpaired) electrons. The summed E-state index contributed by atoms with van der Waals surface area (Å²) in [4.78, 5) is 13.0. The molecule has 3 rings (SSSR count). The molecule has 0 aromatic carbocycles. The molecule has 0 unspecified atom stereocenters. The number of thiazole rings is 3. The van der Waals surface area contributed by atoms with E-state index in [4.69, 9.17) is 0 Å². The first-order valence-corrected chi connectivity index (χ1v) is 10.9. The van der Waals surface area contributed by atoms with Gasteiger partial charge in [0.05, 0.1) is 16.0 Å². The Kier molecular flexibility index (Phi) is 27.9. The molecule has 0 N–H and O–H groups in total. The van der Waals surface area contributed by atoms with E-state index in [1.807, 2.05) is 90.3 Å². The Hall–Kier alpha value is -1.11. The first-order valence-electron chi connectivity index (χ1n) is 8.24. The summed E-state index contributed by atoms with van der Waals surface area (Å²) in [6.45, 7) is 18.0. The van der Waals surface area contributed by atoms with Gasteiger partial charge in [0.2, 0.25) is 0 Å². The van der Waals surface area contributed by atoms with E-state index >= 15 is 0 Å². The number of hydrogen-bond acceptors (Lipinski definition) is 6. The molecule has 0 aliphatic rings. The predicted octanol–water partition coefficient (Wildman–Crippen LogP) is 7.43. The zero-order valence-electron chi connectivity index (χ0n) is 16.5. The van der Waals surface area contributed by atoms with Crippen LogP contribution in [0.2, 0.25) is 0 Å².